The molecule has 0 saturated carbocycles. The smallest absolute Gasteiger partial charge is 0.0476 e. The van der Waals surface area contributed by atoms with E-state index >= 15 is 0 Å². The number of benzene rings is 2. The number of aryl methyl sites for hydroxylation is 1. The Labute approximate surface area is 115 Å². The zero-order chi connectivity index (χ0) is 13.1. The summed E-state index contributed by atoms with van der Waals surface area (Å²) >= 11 is 0. The van der Waals surface area contributed by atoms with Crippen LogP contribution in [0.2, 0.25) is 0 Å². The van der Waals surface area contributed by atoms with Gasteiger partial charge in [0, 0.05) is 18.8 Å². The second kappa shape index (κ2) is 5.31. The SMILES string of the molecule is CN1c2ccccc2CCC1/C=C/c1ccccc1. The van der Waals surface area contributed by atoms with Crippen molar-refractivity contribution in [1.29, 1.82) is 0 Å². The molecule has 1 aliphatic heterocycles. The Balaban J connectivity index is 1.79. The third-order valence-electron chi connectivity index (χ3n) is 3.89. The summed E-state index contributed by atoms with van der Waals surface area (Å²) in [6.45, 7) is 0. The maximum absolute atomic E-state index is 2.39. The van der Waals surface area contributed by atoms with Gasteiger partial charge in [-0.25, -0.2) is 0 Å². The molecule has 0 N–H and O–H groups in total. The standard InChI is InChI=1S/C18H19N/c1-19-17(13-11-15-7-3-2-4-8-15)14-12-16-9-5-6-10-18(16)19/h2-11,13,17H,12,14H2,1H3/b13-11+. The van der Waals surface area contributed by atoms with Crippen molar-refractivity contribution < 1.29 is 0 Å². The van der Waals surface area contributed by atoms with Crippen molar-refractivity contribution in [2.24, 2.45) is 0 Å². The first-order valence-corrected chi connectivity index (χ1v) is 6.88. The van der Waals surface area contributed by atoms with Crippen LogP contribution in [-0.2, 0) is 6.42 Å². The quantitative estimate of drug-likeness (QED) is 0.772. The molecule has 0 bridgehead atoms. The number of hydrogen-bond acceptors (Lipinski definition) is 1. The fraction of sp³-hybridized carbons (Fsp3) is 0.222. The van der Waals surface area contributed by atoms with Gasteiger partial charge >= 0.3 is 0 Å². The topological polar surface area (TPSA) is 3.24 Å². The molecule has 96 valence electrons. The van der Waals surface area contributed by atoms with E-state index in [0.29, 0.717) is 6.04 Å². The lowest BCUT2D eigenvalue weighted by Crippen LogP contribution is -2.34. The van der Waals surface area contributed by atoms with Gasteiger partial charge in [0.2, 0.25) is 0 Å². The number of rotatable bonds is 2. The zero-order valence-corrected chi connectivity index (χ0v) is 11.3. The molecule has 1 nitrogen and oxygen atoms in total. The van der Waals surface area contributed by atoms with Gasteiger partial charge in [0.25, 0.3) is 0 Å². The molecule has 1 unspecified atom stereocenters. The van der Waals surface area contributed by atoms with E-state index in [2.05, 4.69) is 78.7 Å². The van der Waals surface area contributed by atoms with Gasteiger partial charge < -0.3 is 4.90 Å². The minimum absolute atomic E-state index is 0.495. The Morgan fingerprint density at radius 3 is 2.58 bits per heavy atom. The lowest BCUT2D eigenvalue weighted by atomic mass is 9.96. The summed E-state index contributed by atoms with van der Waals surface area (Å²) in [4.78, 5) is 2.39. The van der Waals surface area contributed by atoms with Crippen LogP contribution in [0.1, 0.15) is 17.5 Å². The van der Waals surface area contributed by atoms with Crippen molar-refractivity contribution in [2.75, 3.05) is 11.9 Å². The minimum Gasteiger partial charge on any atom is -0.368 e. The van der Waals surface area contributed by atoms with E-state index in [4.69, 9.17) is 0 Å². The van der Waals surface area contributed by atoms with Gasteiger partial charge in [0.15, 0.2) is 0 Å². The molecule has 2 aromatic carbocycles. The predicted molar refractivity (Wildman–Crippen MR) is 82.4 cm³/mol. The van der Waals surface area contributed by atoms with Crippen LogP contribution in [0.3, 0.4) is 0 Å². The van der Waals surface area contributed by atoms with Crippen molar-refractivity contribution in [1.82, 2.24) is 0 Å². The Morgan fingerprint density at radius 1 is 1.00 bits per heavy atom. The monoisotopic (exact) mass is 249 g/mol. The summed E-state index contributed by atoms with van der Waals surface area (Å²) < 4.78 is 0. The molecule has 2 aromatic rings. The highest BCUT2D eigenvalue weighted by atomic mass is 15.1. The van der Waals surface area contributed by atoms with E-state index in [0.717, 1.165) is 0 Å². The Hall–Kier alpha value is -2.02. The minimum atomic E-state index is 0.495. The first-order chi connectivity index (χ1) is 9.34. The second-order valence-corrected chi connectivity index (χ2v) is 5.12. The number of hydrogen-bond donors (Lipinski definition) is 0. The second-order valence-electron chi connectivity index (χ2n) is 5.12. The van der Waals surface area contributed by atoms with Crippen LogP contribution in [0.5, 0.6) is 0 Å². The highest BCUT2D eigenvalue weighted by Crippen LogP contribution is 2.29. The molecule has 1 heteroatoms. The first-order valence-electron chi connectivity index (χ1n) is 6.88. The summed E-state index contributed by atoms with van der Waals surface area (Å²) in [6, 6.07) is 19.7. The number of likely N-dealkylation sites (N-methyl/N-ethyl adjacent to an activating group) is 1. The van der Waals surface area contributed by atoms with Crippen molar-refractivity contribution in [2.45, 2.75) is 18.9 Å². The lowest BCUT2D eigenvalue weighted by Gasteiger charge is -2.34. The van der Waals surface area contributed by atoms with Crippen LogP contribution in [0.15, 0.2) is 60.7 Å². The fourth-order valence-corrected chi connectivity index (χ4v) is 2.75. The van der Waals surface area contributed by atoms with Crippen molar-refractivity contribution in [3.8, 4) is 0 Å². The summed E-state index contributed by atoms with van der Waals surface area (Å²) in [7, 11) is 2.19. The summed E-state index contributed by atoms with van der Waals surface area (Å²) in [5.41, 5.74) is 4.11. The van der Waals surface area contributed by atoms with Crippen molar-refractivity contribution >= 4 is 11.8 Å². The maximum Gasteiger partial charge on any atom is 0.0476 e. The number of anilines is 1. The Morgan fingerprint density at radius 2 is 1.74 bits per heavy atom. The molecule has 19 heavy (non-hydrogen) atoms. The highest BCUT2D eigenvalue weighted by Gasteiger charge is 2.20. The Kier molecular flexibility index (Phi) is 3.37. The third-order valence-corrected chi connectivity index (χ3v) is 3.89. The zero-order valence-electron chi connectivity index (χ0n) is 11.3. The maximum atomic E-state index is 2.39. The van der Waals surface area contributed by atoms with E-state index in [1.807, 2.05) is 0 Å². The third kappa shape index (κ3) is 2.55. The summed E-state index contributed by atoms with van der Waals surface area (Å²) in [5, 5.41) is 0. The highest BCUT2D eigenvalue weighted by molar-refractivity contribution is 5.58. The number of para-hydroxylation sites is 1. The van der Waals surface area contributed by atoms with Crippen molar-refractivity contribution in [3.05, 3.63) is 71.8 Å². The van der Waals surface area contributed by atoms with Gasteiger partial charge in [0.05, 0.1) is 0 Å². The van der Waals surface area contributed by atoms with Crippen LogP contribution in [-0.4, -0.2) is 13.1 Å². The van der Waals surface area contributed by atoms with E-state index in [1.165, 1.54) is 29.7 Å². The van der Waals surface area contributed by atoms with Crippen LogP contribution in [0, 0.1) is 0 Å². The summed E-state index contributed by atoms with van der Waals surface area (Å²) in [6.07, 6.45) is 6.92. The summed E-state index contributed by atoms with van der Waals surface area (Å²) in [5.74, 6) is 0. The number of fused-ring (bicyclic) bond motifs is 1. The van der Waals surface area contributed by atoms with E-state index in [-0.39, 0.29) is 0 Å². The van der Waals surface area contributed by atoms with Crippen LogP contribution in [0.4, 0.5) is 5.69 Å². The molecule has 0 amide bonds. The van der Waals surface area contributed by atoms with Gasteiger partial charge in [-0.1, -0.05) is 60.7 Å². The molecule has 0 fully saturated rings. The fourth-order valence-electron chi connectivity index (χ4n) is 2.75. The van der Waals surface area contributed by atoms with Gasteiger partial charge in [-0.2, -0.15) is 0 Å². The molecule has 0 saturated heterocycles. The van der Waals surface area contributed by atoms with Gasteiger partial charge in [-0.05, 0) is 30.0 Å². The van der Waals surface area contributed by atoms with E-state index in [1.54, 1.807) is 0 Å². The lowest BCUT2D eigenvalue weighted by molar-refractivity contribution is 0.646. The van der Waals surface area contributed by atoms with E-state index < -0.39 is 0 Å². The first kappa shape index (κ1) is 12.0. The van der Waals surface area contributed by atoms with Gasteiger partial charge in [-0.3, -0.25) is 0 Å². The molecule has 0 spiro atoms. The van der Waals surface area contributed by atoms with Crippen LogP contribution < -0.4 is 4.90 Å². The molecule has 0 aromatic heterocycles. The molecule has 1 aliphatic rings. The average molecular weight is 249 g/mol. The molecule has 0 aliphatic carbocycles. The normalized spacial score (nSPS) is 18.6. The molecule has 3 rings (SSSR count). The van der Waals surface area contributed by atoms with Gasteiger partial charge in [0.1, 0.15) is 0 Å². The molecular weight excluding hydrogens is 230 g/mol. The van der Waals surface area contributed by atoms with E-state index in [9.17, 15) is 0 Å². The molecule has 0 radical (unpaired) electrons. The molecule has 1 heterocycles. The van der Waals surface area contributed by atoms with Crippen LogP contribution in [0.25, 0.3) is 6.08 Å². The van der Waals surface area contributed by atoms with Gasteiger partial charge in [-0.15, -0.1) is 0 Å². The van der Waals surface area contributed by atoms with Crippen LogP contribution >= 0.6 is 0 Å². The average Bonchev–Trinajstić information content (AvgIpc) is 2.48. The Bertz CT molecular complexity index is 571. The molecular formula is C18H19N. The molecule has 1 atom stereocenters. The predicted octanol–water partition coefficient (Wildman–Crippen LogP) is 4.15. The largest absolute Gasteiger partial charge is 0.368 e. The number of nitrogens with zero attached hydrogens (tertiary/aromatic N) is 1. The van der Waals surface area contributed by atoms with Crippen molar-refractivity contribution in [3.63, 3.8) is 0 Å².